The largest absolute Gasteiger partial charge is 0.350 e. The lowest BCUT2D eigenvalue weighted by Gasteiger charge is -2.18. The van der Waals surface area contributed by atoms with Crippen molar-refractivity contribution in [1.82, 2.24) is 15.6 Å². The summed E-state index contributed by atoms with van der Waals surface area (Å²) >= 11 is 1.73. The van der Waals surface area contributed by atoms with Gasteiger partial charge in [-0.1, -0.05) is 31.2 Å². The monoisotopic (exact) mass is 330 g/mol. The van der Waals surface area contributed by atoms with E-state index < -0.39 is 0 Å². The number of aromatic nitrogens is 1. The van der Waals surface area contributed by atoms with E-state index in [1.54, 1.807) is 18.4 Å². The van der Waals surface area contributed by atoms with Crippen molar-refractivity contribution in [1.29, 1.82) is 0 Å². The Balaban J connectivity index is 1.92. The zero-order chi connectivity index (χ0) is 16.8. The number of hydrogen-bond acceptors (Lipinski definition) is 3. The molecule has 1 unspecified atom stereocenters. The summed E-state index contributed by atoms with van der Waals surface area (Å²) in [4.78, 5) is 10.1. The van der Waals surface area contributed by atoms with Gasteiger partial charge in [0.15, 0.2) is 5.96 Å². The van der Waals surface area contributed by atoms with E-state index in [0.29, 0.717) is 6.54 Å². The Bertz CT molecular complexity index is 639. The fraction of sp³-hybridized carbons (Fsp3) is 0.444. The number of benzene rings is 1. The second-order valence-electron chi connectivity index (χ2n) is 5.64. The number of rotatable bonds is 5. The number of nitrogens with zero attached hydrogens (tertiary/aromatic N) is 2. The van der Waals surface area contributed by atoms with Crippen LogP contribution in [0.3, 0.4) is 0 Å². The van der Waals surface area contributed by atoms with Gasteiger partial charge in [0.2, 0.25) is 0 Å². The molecule has 4 nitrogen and oxygen atoms in total. The molecule has 0 aliphatic heterocycles. The van der Waals surface area contributed by atoms with Crippen LogP contribution in [0.2, 0.25) is 0 Å². The molecule has 2 N–H and O–H groups in total. The summed E-state index contributed by atoms with van der Waals surface area (Å²) in [6.07, 6.45) is 1.07. The predicted molar refractivity (Wildman–Crippen MR) is 99.2 cm³/mol. The number of aryl methyl sites for hydroxylation is 3. The maximum atomic E-state index is 4.55. The Morgan fingerprint density at radius 1 is 1.26 bits per heavy atom. The van der Waals surface area contributed by atoms with Crippen LogP contribution in [-0.4, -0.2) is 18.0 Å². The van der Waals surface area contributed by atoms with Crippen LogP contribution in [0.1, 0.15) is 46.6 Å². The first kappa shape index (κ1) is 17.5. The third kappa shape index (κ3) is 4.79. The van der Waals surface area contributed by atoms with Crippen LogP contribution in [0.5, 0.6) is 0 Å². The standard InChI is InChI=1S/C18H26N4S/c1-6-15-7-9-16(10-8-15)13(3)22-18(19-5)20-11-17-21-12(2)14(4)23-17/h7-10,13H,6,11H2,1-5H3,(H2,19,20,22). The van der Waals surface area contributed by atoms with Crippen molar-refractivity contribution < 1.29 is 0 Å². The van der Waals surface area contributed by atoms with E-state index in [-0.39, 0.29) is 6.04 Å². The molecule has 1 aromatic carbocycles. The summed E-state index contributed by atoms with van der Waals surface area (Å²) < 4.78 is 0. The van der Waals surface area contributed by atoms with Crippen molar-refractivity contribution in [2.75, 3.05) is 7.05 Å². The third-order valence-corrected chi connectivity index (χ3v) is 5.02. The highest BCUT2D eigenvalue weighted by atomic mass is 32.1. The van der Waals surface area contributed by atoms with Crippen molar-refractivity contribution in [3.63, 3.8) is 0 Å². The second-order valence-corrected chi connectivity index (χ2v) is 6.92. The molecule has 0 saturated carbocycles. The lowest BCUT2D eigenvalue weighted by molar-refractivity contribution is 0.684. The average molecular weight is 331 g/mol. The van der Waals surface area contributed by atoms with E-state index in [4.69, 9.17) is 0 Å². The molecule has 0 aliphatic rings. The molecule has 23 heavy (non-hydrogen) atoms. The SMILES string of the molecule is CCc1ccc(C(C)NC(=NC)NCc2nc(C)c(C)s2)cc1. The average Bonchev–Trinajstić information content (AvgIpc) is 2.89. The Morgan fingerprint density at radius 2 is 1.96 bits per heavy atom. The maximum absolute atomic E-state index is 4.55. The van der Waals surface area contributed by atoms with E-state index >= 15 is 0 Å². The van der Waals surface area contributed by atoms with Gasteiger partial charge in [-0.05, 0) is 38.3 Å². The Morgan fingerprint density at radius 3 is 2.48 bits per heavy atom. The molecule has 2 rings (SSSR count). The summed E-state index contributed by atoms with van der Waals surface area (Å²) in [5.74, 6) is 0.794. The van der Waals surface area contributed by atoms with Gasteiger partial charge in [0.25, 0.3) is 0 Å². The zero-order valence-electron chi connectivity index (χ0n) is 14.6. The van der Waals surface area contributed by atoms with Crippen LogP contribution >= 0.6 is 11.3 Å². The van der Waals surface area contributed by atoms with Gasteiger partial charge in [0.05, 0.1) is 18.3 Å². The highest BCUT2D eigenvalue weighted by molar-refractivity contribution is 7.11. The minimum Gasteiger partial charge on any atom is -0.350 e. The van der Waals surface area contributed by atoms with E-state index in [1.165, 1.54) is 16.0 Å². The zero-order valence-corrected chi connectivity index (χ0v) is 15.4. The van der Waals surface area contributed by atoms with E-state index in [0.717, 1.165) is 23.1 Å². The summed E-state index contributed by atoms with van der Waals surface area (Å²) in [6.45, 7) is 9.16. The van der Waals surface area contributed by atoms with Crippen LogP contribution in [0.15, 0.2) is 29.3 Å². The topological polar surface area (TPSA) is 49.3 Å². The van der Waals surface area contributed by atoms with Crippen LogP contribution < -0.4 is 10.6 Å². The van der Waals surface area contributed by atoms with E-state index in [2.05, 4.69) is 65.6 Å². The highest BCUT2D eigenvalue weighted by Crippen LogP contribution is 2.16. The fourth-order valence-electron chi connectivity index (χ4n) is 2.30. The molecule has 2 aromatic rings. The number of guanidine groups is 1. The molecule has 124 valence electrons. The molecule has 1 heterocycles. The number of aliphatic imine (C=N–C) groups is 1. The van der Waals surface area contributed by atoms with Crippen molar-refractivity contribution >= 4 is 17.3 Å². The van der Waals surface area contributed by atoms with Crippen LogP contribution in [0, 0.1) is 13.8 Å². The van der Waals surface area contributed by atoms with Crippen LogP contribution in [0.25, 0.3) is 0 Å². The highest BCUT2D eigenvalue weighted by Gasteiger charge is 2.09. The van der Waals surface area contributed by atoms with Crippen molar-refractivity contribution in [2.24, 2.45) is 4.99 Å². The lowest BCUT2D eigenvalue weighted by atomic mass is 10.1. The first-order chi connectivity index (χ1) is 11.0. The molecule has 0 amide bonds. The summed E-state index contributed by atoms with van der Waals surface area (Å²) in [5, 5.41) is 7.85. The van der Waals surface area contributed by atoms with Gasteiger partial charge in [-0.25, -0.2) is 4.98 Å². The molecule has 1 atom stereocenters. The lowest BCUT2D eigenvalue weighted by Crippen LogP contribution is -2.38. The Hall–Kier alpha value is -1.88. The number of hydrogen-bond donors (Lipinski definition) is 2. The van der Waals surface area contributed by atoms with E-state index in [1.807, 2.05) is 6.92 Å². The van der Waals surface area contributed by atoms with Gasteiger partial charge < -0.3 is 10.6 Å². The molecular weight excluding hydrogens is 304 g/mol. The summed E-state index contributed by atoms with van der Waals surface area (Å²) in [6, 6.07) is 8.93. The van der Waals surface area contributed by atoms with Gasteiger partial charge >= 0.3 is 0 Å². The van der Waals surface area contributed by atoms with Gasteiger partial charge in [-0.2, -0.15) is 0 Å². The van der Waals surface area contributed by atoms with Gasteiger partial charge in [0.1, 0.15) is 5.01 Å². The minimum atomic E-state index is 0.201. The second kappa shape index (κ2) is 8.11. The number of thiazole rings is 1. The molecule has 0 aliphatic carbocycles. The predicted octanol–water partition coefficient (Wildman–Crippen LogP) is 3.75. The van der Waals surface area contributed by atoms with E-state index in [9.17, 15) is 0 Å². The molecular formula is C18H26N4S. The van der Waals surface area contributed by atoms with Gasteiger partial charge in [-0.15, -0.1) is 11.3 Å². The quantitative estimate of drug-likeness (QED) is 0.648. The molecule has 0 radical (unpaired) electrons. The molecule has 0 saturated heterocycles. The molecule has 0 fully saturated rings. The summed E-state index contributed by atoms with van der Waals surface area (Å²) in [5.41, 5.74) is 3.73. The first-order valence-electron chi connectivity index (χ1n) is 8.02. The van der Waals surface area contributed by atoms with Gasteiger partial charge in [-0.3, -0.25) is 4.99 Å². The Labute approximate surface area is 143 Å². The van der Waals surface area contributed by atoms with Crippen molar-refractivity contribution in [3.8, 4) is 0 Å². The van der Waals surface area contributed by atoms with Gasteiger partial charge in [0, 0.05) is 11.9 Å². The Kier molecular flexibility index (Phi) is 6.16. The maximum Gasteiger partial charge on any atom is 0.191 e. The first-order valence-corrected chi connectivity index (χ1v) is 8.84. The van der Waals surface area contributed by atoms with Crippen LogP contribution in [-0.2, 0) is 13.0 Å². The fourth-order valence-corrected chi connectivity index (χ4v) is 3.17. The van der Waals surface area contributed by atoms with Crippen LogP contribution in [0.4, 0.5) is 0 Å². The molecule has 0 bridgehead atoms. The molecule has 5 heteroatoms. The minimum absolute atomic E-state index is 0.201. The normalized spacial score (nSPS) is 13.0. The van der Waals surface area contributed by atoms with Crippen molar-refractivity contribution in [2.45, 2.75) is 46.7 Å². The molecule has 1 aromatic heterocycles. The third-order valence-electron chi connectivity index (χ3n) is 3.94. The number of nitrogens with one attached hydrogen (secondary N) is 2. The summed E-state index contributed by atoms with van der Waals surface area (Å²) in [7, 11) is 1.79. The molecule has 0 spiro atoms. The smallest absolute Gasteiger partial charge is 0.191 e. The van der Waals surface area contributed by atoms with Crippen molar-refractivity contribution in [3.05, 3.63) is 51.0 Å².